The fourth-order valence-corrected chi connectivity index (χ4v) is 5.45. The first kappa shape index (κ1) is 16.3. The minimum Gasteiger partial charge on any atom is -0.381 e. The molecule has 3 saturated carbocycles. The van der Waals surface area contributed by atoms with Crippen LogP contribution in [0, 0.1) is 23.7 Å². The standard InChI is InChI=1S/C18H30O5/c1-12-7-14-9-13(2)18(15(8-12)10-14)22-20-17(21-23-18)6-4-5-16(11-17)19-3/h12-16H,4-11H2,1-3H3. The third-order valence-electron chi connectivity index (χ3n) is 6.59. The van der Waals surface area contributed by atoms with E-state index in [1.807, 2.05) is 0 Å². The SMILES string of the molecule is COC1CCCC2(C1)OOC1(OO2)C(C)CC2CC(C)CC1C2. The van der Waals surface area contributed by atoms with Gasteiger partial charge in [-0.2, -0.15) is 19.6 Å². The van der Waals surface area contributed by atoms with Gasteiger partial charge in [0.1, 0.15) is 0 Å². The lowest BCUT2D eigenvalue weighted by Crippen LogP contribution is -2.61. The van der Waals surface area contributed by atoms with Gasteiger partial charge in [-0.25, -0.2) is 0 Å². The average Bonchev–Trinajstić information content (AvgIpc) is 2.54. The molecule has 4 fully saturated rings. The van der Waals surface area contributed by atoms with E-state index in [2.05, 4.69) is 13.8 Å². The molecule has 132 valence electrons. The quantitative estimate of drug-likeness (QED) is 0.682. The molecule has 1 saturated heterocycles. The Morgan fingerprint density at radius 1 is 0.957 bits per heavy atom. The lowest BCUT2D eigenvalue weighted by molar-refractivity contribution is -0.677. The van der Waals surface area contributed by atoms with Crippen molar-refractivity contribution >= 4 is 0 Å². The molecule has 5 unspecified atom stereocenters. The van der Waals surface area contributed by atoms with Crippen LogP contribution in [0.2, 0.25) is 0 Å². The Hall–Kier alpha value is -0.200. The first-order valence-electron chi connectivity index (χ1n) is 9.32. The predicted molar refractivity (Wildman–Crippen MR) is 82.8 cm³/mol. The van der Waals surface area contributed by atoms with Crippen molar-refractivity contribution in [3.05, 3.63) is 0 Å². The Morgan fingerprint density at radius 2 is 1.74 bits per heavy atom. The second-order valence-electron chi connectivity index (χ2n) is 8.43. The molecule has 1 heterocycles. The van der Waals surface area contributed by atoms with E-state index in [9.17, 15) is 0 Å². The Morgan fingerprint density at radius 3 is 2.48 bits per heavy atom. The molecule has 0 aromatic rings. The maximum Gasteiger partial charge on any atom is 0.239 e. The van der Waals surface area contributed by atoms with Crippen molar-refractivity contribution < 1.29 is 24.3 Å². The molecular weight excluding hydrogens is 296 g/mol. The van der Waals surface area contributed by atoms with E-state index in [0.29, 0.717) is 12.3 Å². The van der Waals surface area contributed by atoms with Crippen LogP contribution in [-0.4, -0.2) is 24.8 Å². The number of fused-ring (bicyclic) bond motifs is 3. The van der Waals surface area contributed by atoms with Crippen molar-refractivity contribution in [1.82, 2.24) is 0 Å². The number of ether oxygens (including phenoxy) is 1. The van der Waals surface area contributed by atoms with Crippen LogP contribution >= 0.6 is 0 Å². The van der Waals surface area contributed by atoms with Gasteiger partial charge in [-0.05, 0) is 50.4 Å². The van der Waals surface area contributed by atoms with Crippen LogP contribution in [0.15, 0.2) is 0 Å². The Kier molecular flexibility index (Phi) is 4.21. The Balaban J connectivity index is 1.49. The van der Waals surface area contributed by atoms with Crippen LogP contribution in [0.1, 0.15) is 65.2 Å². The fraction of sp³-hybridized carbons (Fsp3) is 1.00. The second kappa shape index (κ2) is 5.95. The maximum absolute atomic E-state index is 6.04. The molecule has 23 heavy (non-hydrogen) atoms. The summed E-state index contributed by atoms with van der Waals surface area (Å²) in [7, 11) is 1.74. The smallest absolute Gasteiger partial charge is 0.239 e. The highest BCUT2D eigenvalue weighted by Gasteiger charge is 2.60. The highest BCUT2D eigenvalue weighted by atomic mass is 17.4. The van der Waals surface area contributed by atoms with E-state index in [4.69, 9.17) is 24.3 Å². The van der Waals surface area contributed by atoms with Crippen LogP contribution in [0.5, 0.6) is 0 Å². The normalized spacial score (nSPS) is 53.6. The molecule has 5 nitrogen and oxygen atoms in total. The van der Waals surface area contributed by atoms with Crippen LogP contribution < -0.4 is 0 Å². The topological polar surface area (TPSA) is 46.2 Å². The van der Waals surface area contributed by atoms with Crippen LogP contribution in [0.3, 0.4) is 0 Å². The summed E-state index contributed by atoms with van der Waals surface area (Å²) in [6.07, 6.45) is 8.38. The summed E-state index contributed by atoms with van der Waals surface area (Å²) in [6.45, 7) is 4.54. The van der Waals surface area contributed by atoms with Crippen LogP contribution in [0.4, 0.5) is 0 Å². The number of hydrogen-bond donors (Lipinski definition) is 0. The summed E-state index contributed by atoms with van der Waals surface area (Å²) >= 11 is 0. The first-order valence-corrected chi connectivity index (χ1v) is 9.32. The summed E-state index contributed by atoms with van der Waals surface area (Å²) in [4.78, 5) is 23.9. The van der Waals surface area contributed by atoms with E-state index >= 15 is 0 Å². The zero-order valence-corrected chi connectivity index (χ0v) is 14.6. The van der Waals surface area contributed by atoms with E-state index < -0.39 is 11.6 Å². The molecule has 5 heteroatoms. The minimum absolute atomic E-state index is 0.146. The predicted octanol–water partition coefficient (Wildman–Crippen LogP) is 3.97. The molecule has 4 rings (SSSR count). The number of methoxy groups -OCH3 is 1. The highest BCUT2D eigenvalue weighted by Crippen LogP contribution is 2.55. The van der Waals surface area contributed by atoms with Crippen LogP contribution in [-0.2, 0) is 24.3 Å². The van der Waals surface area contributed by atoms with Gasteiger partial charge in [-0.1, -0.05) is 13.8 Å². The van der Waals surface area contributed by atoms with Gasteiger partial charge in [0.15, 0.2) is 0 Å². The van der Waals surface area contributed by atoms with Crippen molar-refractivity contribution in [2.24, 2.45) is 23.7 Å². The van der Waals surface area contributed by atoms with Crippen LogP contribution in [0.25, 0.3) is 0 Å². The van der Waals surface area contributed by atoms with Gasteiger partial charge >= 0.3 is 0 Å². The monoisotopic (exact) mass is 326 g/mol. The summed E-state index contributed by atoms with van der Waals surface area (Å²) in [6, 6.07) is 0. The van der Waals surface area contributed by atoms with Crippen molar-refractivity contribution in [3.8, 4) is 0 Å². The Labute approximate surface area is 138 Å². The molecule has 3 aliphatic carbocycles. The molecule has 0 aromatic heterocycles. The number of hydrogen-bond acceptors (Lipinski definition) is 5. The zero-order chi connectivity index (χ0) is 16.1. The molecule has 0 radical (unpaired) electrons. The molecule has 2 spiro atoms. The third kappa shape index (κ3) is 2.74. The van der Waals surface area contributed by atoms with Gasteiger partial charge in [0.05, 0.1) is 6.10 Å². The van der Waals surface area contributed by atoms with Gasteiger partial charge in [0.25, 0.3) is 0 Å². The molecule has 0 N–H and O–H groups in total. The number of rotatable bonds is 1. The van der Waals surface area contributed by atoms with Crippen molar-refractivity contribution in [2.45, 2.75) is 82.9 Å². The first-order chi connectivity index (χ1) is 11.1. The summed E-state index contributed by atoms with van der Waals surface area (Å²) in [5.41, 5.74) is 0. The molecular formula is C18H30O5. The Bertz CT molecular complexity index is 427. The van der Waals surface area contributed by atoms with Gasteiger partial charge < -0.3 is 4.74 Å². The molecule has 0 aromatic carbocycles. The summed E-state index contributed by atoms with van der Waals surface area (Å²) < 4.78 is 5.49. The minimum atomic E-state index is -0.791. The second-order valence-corrected chi connectivity index (χ2v) is 8.43. The maximum atomic E-state index is 6.04. The third-order valence-corrected chi connectivity index (χ3v) is 6.59. The van der Waals surface area contributed by atoms with E-state index in [-0.39, 0.29) is 12.0 Å². The van der Waals surface area contributed by atoms with Gasteiger partial charge in [-0.3, -0.25) is 0 Å². The van der Waals surface area contributed by atoms with Crippen molar-refractivity contribution in [1.29, 1.82) is 0 Å². The van der Waals surface area contributed by atoms with Gasteiger partial charge in [0, 0.05) is 31.8 Å². The van der Waals surface area contributed by atoms with Crippen molar-refractivity contribution in [3.63, 3.8) is 0 Å². The molecule has 2 bridgehead atoms. The molecule has 5 atom stereocenters. The lowest BCUT2D eigenvalue weighted by atomic mass is 9.62. The lowest BCUT2D eigenvalue weighted by Gasteiger charge is -2.55. The van der Waals surface area contributed by atoms with Crippen molar-refractivity contribution in [2.75, 3.05) is 7.11 Å². The molecule has 4 aliphatic rings. The average molecular weight is 326 g/mol. The highest BCUT2D eigenvalue weighted by molar-refractivity contribution is 4.96. The fourth-order valence-electron chi connectivity index (χ4n) is 5.45. The van der Waals surface area contributed by atoms with E-state index in [0.717, 1.165) is 50.4 Å². The van der Waals surface area contributed by atoms with Gasteiger partial charge in [0.2, 0.25) is 11.6 Å². The van der Waals surface area contributed by atoms with E-state index in [1.54, 1.807) is 7.11 Å². The molecule has 1 aliphatic heterocycles. The zero-order valence-electron chi connectivity index (χ0n) is 14.6. The van der Waals surface area contributed by atoms with Gasteiger partial charge in [-0.15, -0.1) is 0 Å². The largest absolute Gasteiger partial charge is 0.381 e. The summed E-state index contributed by atoms with van der Waals surface area (Å²) in [5.74, 6) is 0.646. The van der Waals surface area contributed by atoms with E-state index in [1.165, 1.54) is 6.42 Å². The summed E-state index contributed by atoms with van der Waals surface area (Å²) in [5, 5.41) is 0. The molecule has 0 amide bonds.